The molecule has 0 radical (unpaired) electrons. The monoisotopic (exact) mass is 365 g/mol. The van der Waals surface area contributed by atoms with E-state index < -0.39 is 24.5 Å². The molecule has 116 valence electrons. The van der Waals surface area contributed by atoms with Crippen molar-refractivity contribution in [1.29, 1.82) is 0 Å². The van der Waals surface area contributed by atoms with Crippen molar-refractivity contribution in [3.63, 3.8) is 0 Å². The van der Waals surface area contributed by atoms with Crippen molar-refractivity contribution in [2.45, 2.75) is 19.0 Å². The van der Waals surface area contributed by atoms with Gasteiger partial charge in [-0.1, -0.05) is 0 Å². The van der Waals surface area contributed by atoms with Crippen LogP contribution in [0, 0.1) is 5.92 Å². The predicted octanol–water partition coefficient (Wildman–Crippen LogP) is 2.74. The molecule has 1 aliphatic rings. The molecule has 0 saturated carbocycles. The molecule has 0 aliphatic carbocycles. The summed E-state index contributed by atoms with van der Waals surface area (Å²) in [4.78, 5) is 18.0. The van der Waals surface area contributed by atoms with Crippen LogP contribution in [0.2, 0.25) is 0 Å². The third-order valence-corrected chi connectivity index (χ3v) is 3.76. The Kier molecular flexibility index (Phi) is 5.08. The summed E-state index contributed by atoms with van der Waals surface area (Å²) in [5.74, 6) is -0.257. The number of nitrogens with one attached hydrogen (secondary N) is 1. The number of nitrogens with zero attached hydrogens (tertiary/aromatic N) is 2. The van der Waals surface area contributed by atoms with E-state index in [1.54, 1.807) is 6.20 Å². The minimum atomic E-state index is -4.38. The Hall–Kier alpha value is -1.31. The Bertz CT molecular complexity index is 492. The summed E-state index contributed by atoms with van der Waals surface area (Å²) < 4.78 is 37.2. The highest BCUT2D eigenvalue weighted by molar-refractivity contribution is 9.10. The van der Waals surface area contributed by atoms with Crippen LogP contribution in [-0.2, 0) is 4.79 Å². The van der Waals surface area contributed by atoms with E-state index >= 15 is 0 Å². The third kappa shape index (κ3) is 4.87. The minimum Gasteiger partial charge on any atom is -0.356 e. The summed E-state index contributed by atoms with van der Waals surface area (Å²) in [6, 6.07) is 3.66. The van der Waals surface area contributed by atoms with E-state index in [4.69, 9.17) is 0 Å². The maximum absolute atomic E-state index is 12.1. The molecule has 21 heavy (non-hydrogen) atoms. The normalized spacial score (nSPS) is 19.4. The highest BCUT2D eigenvalue weighted by Crippen LogP contribution is 2.23. The lowest BCUT2D eigenvalue weighted by molar-refractivity contribution is -0.140. The maximum atomic E-state index is 12.1. The van der Waals surface area contributed by atoms with Crippen LogP contribution in [-0.4, -0.2) is 36.7 Å². The summed E-state index contributed by atoms with van der Waals surface area (Å²) in [7, 11) is 0. The lowest BCUT2D eigenvalue weighted by Crippen LogP contribution is -2.45. The second-order valence-electron chi connectivity index (χ2n) is 4.95. The van der Waals surface area contributed by atoms with Crippen LogP contribution in [0.4, 0.5) is 19.0 Å². The van der Waals surface area contributed by atoms with Gasteiger partial charge in [0.1, 0.15) is 12.4 Å². The molecule has 1 unspecified atom stereocenters. The van der Waals surface area contributed by atoms with E-state index in [0.29, 0.717) is 13.0 Å². The Morgan fingerprint density at radius 1 is 1.48 bits per heavy atom. The van der Waals surface area contributed by atoms with Crippen LogP contribution < -0.4 is 10.2 Å². The van der Waals surface area contributed by atoms with Crippen LogP contribution in [0.3, 0.4) is 0 Å². The van der Waals surface area contributed by atoms with E-state index in [-0.39, 0.29) is 0 Å². The van der Waals surface area contributed by atoms with Gasteiger partial charge in [0.2, 0.25) is 5.91 Å². The number of halogens is 4. The number of anilines is 1. The molecule has 1 amide bonds. The topological polar surface area (TPSA) is 45.2 Å². The number of aromatic nitrogens is 1. The smallest absolute Gasteiger partial charge is 0.356 e. The van der Waals surface area contributed by atoms with Crippen molar-refractivity contribution in [3.05, 3.63) is 22.8 Å². The first-order valence-electron chi connectivity index (χ1n) is 6.56. The van der Waals surface area contributed by atoms with Gasteiger partial charge in [0.05, 0.1) is 5.92 Å². The molecular formula is C13H15BrF3N3O. The number of hydrogen-bond acceptors (Lipinski definition) is 3. The van der Waals surface area contributed by atoms with Crippen LogP contribution >= 0.6 is 15.9 Å². The first-order valence-corrected chi connectivity index (χ1v) is 7.35. The number of pyridine rings is 1. The summed E-state index contributed by atoms with van der Waals surface area (Å²) >= 11 is 3.29. The first-order chi connectivity index (χ1) is 9.85. The molecule has 0 aromatic carbocycles. The Balaban J connectivity index is 1.94. The van der Waals surface area contributed by atoms with E-state index in [0.717, 1.165) is 23.3 Å². The highest BCUT2D eigenvalue weighted by atomic mass is 79.9. The van der Waals surface area contributed by atoms with Crippen LogP contribution in [0.5, 0.6) is 0 Å². The van der Waals surface area contributed by atoms with Crippen molar-refractivity contribution in [2.75, 3.05) is 24.5 Å². The second kappa shape index (κ2) is 6.64. The Morgan fingerprint density at radius 2 is 2.24 bits per heavy atom. The zero-order valence-electron chi connectivity index (χ0n) is 11.2. The van der Waals surface area contributed by atoms with Gasteiger partial charge in [0.15, 0.2) is 0 Å². The quantitative estimate of drug-likeness (QED) is 0.895. The average molecular weight is 366 g/mol. The average Bonchev–Trinajstić information content (AvgIpc) is 2.45. The summed E-state index contributed by atoms with van der Waals surface area (Å²) in [6.07, 6.45) is -1.38. The number of carbonyl (C=O) groups is 1. The van der Waals surface area contributed by atoms with Crippen molar-refractivity contribution in [1.82, 2.24) is 10.3 Å². The largest absolute Gasteiger partial charge is 0.405 e. The van der Waals surface area contributed by atoms with Gasteiger partial charge in [0.25, 0.3) is 0 Å². The molecule has 2 heterocycles. The number of alkyl halides is 3. The van der Waals surface area contributed by atoms with Crippen LogP contribution in [0.1, 0.15) is 12.8 Å². The van der Waals surface area contributed by atoms with Gasteiger partial charge in [-0.25, -0.2) is 4.98 Å². The zero-order chi connectivity index (χ0) is 15.5. The molecule has 1 fully saturated rings. The van der Waals surface area contributed by atoms with Crippen LogP contribution in [0.15, 0.2) is 22.8 Å². The maximum Gasteiger partial charge on any atom is 0.405 e. The van der Waals surface area contributed by atoms with Crippen LogP contribution in [0.25, 0.3) is 0 Å². The zero-order valence-corrected chi connectivity index (χ0v) is 12.7. The molecule has 0 spiro atoms. The fourth-order valence-corrected chi connectivity index (χ4v) is 2.52. The molecule has 1 N–H and O–H groups in total. The Morgan fingerprint density at radius 3 is 2.86 bits per heavy atom. The molecule has 1 saturated heterocycles. The Labute approximate surface area is 128 Å². The van der Waals surface area contributed by atoms with Crippen molar-refractivity contribution in [3.8, 4) is 0 Å². The lowest BCUT2D eigenvalue weighted by Gasteiger charge is -2.32. The molecule has 1 aliphatic heterocycles. The molecule has 0 bridgehead atoms. The number of hydrogen-bond donors (Lipinski definition) is 1. The minimum absolute atomic E-state index is 0.387. The lowest BCUT2D eigenvalue weighted by atomic mass is 9.97. The van der Waals surface area contributed by atoms with E-state index in [1.165, 1.54) is 0 Å². The van der Waals surface area contributed by atoms with E-state index in [1.807, 2.05) is 22.3 Å². The van der Waals surface area contributed by atoms with Gasteiger partial charge >= 0.3 is 6.18 Å². The van der Waals surface area contributed by atoms with Gasteiger partial charge < -0.3 is 10.2 Å². The van der Waals surface area contributed by atoms with Gasteiger partial charge in [-0.05, 0) is 40.9 Å². The highest BCUT2D eigenvalue weighted by Gasteiger charge is 2.31. The first kappa shape index (κ1) is 16.1. The molecule has 1 atom stereocenters. The van der Waals surface area contributed by atoms with Crippen molar-refractivity contribution >= 4 is 27.7 Å². The number of carbonyl (C=O) groups excluding carboxylic acids is 1. The number of piperidine rings is 1. The van der Waals surface area contributed by atoms with Gasteiger partial charge in [-0.3, -0.25) is 4.79 Å². The fraction of sp³-hybridized carbons (Fsp3) is 0.538. The van der Waals surface area contributed by atoms with Crippen molar-refractivity contribution in [2.24, 2.45) is 5.92 Å². The summed E-state index contributed by atoms with van der Waals surface area (Å²) in [6.45, 7) is -0.144. The third-order valence-electron chi connectivity index (χ3n) is 3.29. The molecule has 1 aromatic rings. The fourth-order valence-electron chi connectivity index (χ4n) is 2.29. The molecular weight excluding hydrogens is 351 g/mol. The number of amides is 1. The molecule has 8 heteroatoms. The predicted molar refractivity (Wildman–Crippen MR) is 75.9 cm³/mol. The van der Waals surface area contributed by atoms with E-state index in [9.17, 15) is 18.0 Å². The standard InChI is InChI=1S/C13H15BrF3N3O/c14-10-3-4-11(18-6-10)20-5-1-2-9(7-20)12(21)19-8-13(15,16)17/h3-4,6,9H,1-2,5,7-8H2,(H,19,21). The van der Waals surface area contributed by atoms with Gasteiger partial charge in [-0.15, -0.1) is 0 Å². The van der Waals surface area contributed by atoms with Gasteiger partial charge in [-0.2, -0.15) is 13.2 Å². The molecule has 4 nitrogen and oxygen atoms in total. The second-order valence-corrected chi connectivity index (χ2v) is 5.87. The van der Waals surface area contributed by atoms with Crippen molar-refractivity contribution < 1.29 is 18.0 Å². The van der Waals surface area contributed by atoms with E-state index in [2.05, 4.69) is 20.9 Å². The van der Waals surface area contributed by atoms with Gasteiger partial charge in [0, 0.05) is 23.8 Å². The number of rotatable bonds is 3. The SMILES string of the molecule is O=C(NCC(F)(F)F)C1CCCN(c2ccc(Br)cn2)C1. The molecule has 1 aromatic heterocycles. The molecule has 2 rings (SSSR count). The summed E-state index contributed by atoms with van der Waals surface area (Å²) in [5.41, 5.74) is 0. The summed E-state index contributed by atoms with van der Waals surface area (Å²) in [5, 5.41) is 1.95.